The first kappa shape index (κ1) is 15.5. The molecule has 0 unspecified atom stereocenters. The highest BCUT2D eigenvalue weighted by Crippen LogP contribution is 2.17. The van der Waals surface area contributed by atoms with Crippen molar-refractivity contribution in [3.8, 4) is 0 Å². The van der Waals surface area contributed by atoms with Gasteiger partial charge in [-0.25, -0.2) is 9.50 Å². The molecule has 0 radical (unpaired) electrons. The Balaban J connectivity index is 1.71. The van der Waals surface area contributed by atoms with Gasteiger partial charge in [0.15, 0.2) is 5.65 Å². The number of rotatable bonds is 4. The molecule has 0 fully saturated rings. The van der Waals surface area contributed by atoms with Crippen LogP contribution in [0.3, 0.4) is 0 Å². The zero-order valence-electron chi connectivity index (χ0n) is 13.6. The summed E-state index contributed by atoms with van der Waals surface area (Å²) in [4.78, 5) is 28.1. The Hall–Kier alpha value is -2.37. The van der Waals surface area contributed by atoms with Crippen molar-refractivity contribution >= 4 is 11.6 Å². The summed E-state index contributed by atoms with van der Waals surface area (Å²) in [6.07, 6.45) is 7.94. The average molecular weight is 314 g/mol. The highest BCUT2D eigenvalue weighted by atomic mass is 16.1. The average Bonchev–Trinajstić information content (AvgIpc) is 2.91. The number of nitrogens with zero attached hydrogens (tertiary/aromatic N) is 2. The van der Waals surface area contributed by atoms with Crippen molar-refractivity contribution in [3.63, 3.8) is 0 Å². The molecule has 0 bridgehead atoms. The number of H-pyrrole nitrogens is 1. The third-order valence-electron chi connectivity index (χ3n) is 4.51. The van der Waals surface area contributed by atoms with E-state index in [0.717, 1.165) is 42.8 Å². The molecule has 122 valence electrons. The highest BCUT2D eigenvalue weighted by Gasteiger charge is 2.16. The van der Waals surface area contributed by atoms with Crippen molar-refractivity contribution in [1.29, 1.82) is 0 Å². The maximum atomic E-state index is 12.3. The van der Waals surface area contributed by atoms with Crippen molar-refractivity contribution < 1.29 is 4.79 Å². The predicted molar refractivity (Wildman–Crippen MR) is 88.5 cm³/mol. The molecule has 1 aliphatic carbocycles. The molecule has 0 saturated heterocycles. The second-order valence-corrected chi connectivity index (χ2v) is 6.21. The monoisotopic (exact) mass is 314 g/mol. The summed E-state index contributed by atoms with van der Waals surface area (Å²) >= 11 is 0. The summed E-state index contributed by atoms with van der Waals surface area (Å²) in [6.45, 7) is 4.49. The molecule has 2 aromatic rings. The van der Waals surface area contributed by atoms with Crippen molar-refractivity contribution in [1.82, 2.24) is 19.9 Å². The smallest absolute Gasteiger partial charge is 0.266 e. The molecule has 6 nitrogen and oxygen atoms in total. The molecule has 1 amide bonds. The van der Waals surface area contributed by atoms with Crippen LogP contribution in [0.5, 0.6) is 0 Å². The van der Waals surface area contributed by atoms with Gasteiger partial charge in [-0.3, -0.25) is 14.7 Å². The molecule has 3 rings (SSSR count). The number of hydrogen-bond donors (Lipinski definition) is 2. The van der Waals surface area contributed by atoms with E-state index in [1.165, 1.54) is 6.07 Å². The van der Waals surface area contributed by atoms with Crippen LogP contribution in [0.4, 0.5) is 0 Å². The number of carbonyl (C=O) groups is 1. The number of aromatic nitrogens is 3. The molecule has 23 heavy (non-hydrogen) atoms. The number of amides is 1. The molecule has 2 heterocycles. The predicted octanol–water partition coefficient (Wildman–Crippen LogP) is 1.65. The third-order valence-corrected chi connectivity index (χ3v) is 4.51. The lowest BCUT2D eigenvalue weighted by molar-refractivity contribution is -0.120. The summed E-state index contributed by atoms with van der Waals surface area (Å²) in [7, 11) is 0. The quantitative estimate of drug-likeness (QED) is 0.842. The van der Waals surface area contributed by atoms with Gasteiger partial charge in [-0.2, -0.15) is 0 Å². The van der Waals surface area contributed by atoms with Gasteiger partial charge < -0.3 is 5.32 Å². The molecule has 0 saturated carbocycles. The second-order valence-electron chi connectivity index (χ2n) is 6.21. The van der Waals surface area contributed by atoms with Gasteiger partial charge in [-0.05, 0) is 39.0 Å². The maximum absolute atomic E-state index is 12.3. The number of nitrogens with one attached hydrogen (secondary N) is 2. The number of aryl methyl sites for hydroxylation is 2. The molecule has 2 N–H and O–H groups in total. The molecular formula is C17H22N4O2. The van der Waals surface area contributed by atoms with Crippen LogP contribution in [0, 0.1) is 19.8 Å². The highest BCUT2D eigenvalue weighted by molar-refractivity contribution is 5.79. The van der Waals surface area contributed by atoms with Gasteiger partial charge in [0.25, 0.3) is 5.56 Å². The van der Waals surface area contributed by atoms with Gasteiger partial charge in [-0.1, -0.05) is 12.2 Å². The summed E-state index contributed by atoms with van der Waals surface area (Å²) in [5.41, 5.74) is 2.91. The van der Waals surface area contributed by atoms with Crippen LogP contribution in [0.15, 0.2) is 23.0 Å². The lowest BCUT2D eigenvalue weighted by Crippen LogP contribution is -2.31. The minimum absolute atomic E-state index is 0.00130. The summed E-state index contributed by atoms with van der Waals surface area (Å²) in [6, 6.07) is 1.46. The topological polar surface area (TPSA) is 79.3 Å². The minimum Gasteiger partial charge on any atom is -0.356 e. The standard InChI is InChI=1S/C17H22N4O2/c1-11-14(12(2)21-15(19-11)9-17(23)20-21)8-16(22)18-10-13-6-4-3-5-7-13/h3-4,9,13H,5-8,10H2,1-2H3,(H,18,22)(H,20,23)/t13-/m1/s1. The van der Waals surface area contributed by atoms with Crippen LogP contribution < -0.4 is 10.9 Å². The van der Waals surface area contributed by atoms with Crippen LogP contribution in [0.25, 0.3) is 5.65 Å². The Bertz CT molecular complexity index is 816. The summed E-state index contributed by atoms with van der Waals surface area (Å²) in [5.74, 6) is 0.536. The van der Waals surface area contributed by atoms with Crippen LogP contribution >= 0.6 is 0 Å². The fourth-order valence-corrected chi connectivity index (χ4v) is 3.13. The van der Waals surface area contributed by atoms with Crippen LogP contribution in [-0.2, 0) is 11.2 Å². The van der Waals surface area contributed by atoms with Gasteiger partial charge in [0.1, 0.15) is 0 Å². The Labute approximate surface area is 134 Å². The fraction of sp³-hybridized carbons (Fsp3) is 0.471. The van der Waals surface area contributed by atoms with E-state index in [0.29, 0.717) is 11.6 Å². The van der Waals surface area contributed by atoms with Crippen molar-refractivity contribution in [2.45, 2.75) is 39.5 Å². The van der Waals surface area contributed by atoms with Crippen molar-refractivity contribution in [3.05, 3.63) is 45.5 Å². The van der Waals surface area contributed by atoms with Gasteiger partial charge in [0.05, 0.1) is 6.42 Å². The number of aromatic amines is 1. The molecule has 0 aliphatic heterocycles. The SMILES string of the molecule is Cc1nc2cc(=O)[nH]n2c(C)c1CC(=O)NC[C@@H]1CC=CCC1. The van der Waals surface area contributed by atoms with Crippen LogP contribution in [0.1, 0.15) is 36.2 Å². The first-order chi connectivity index (χ1) is 11.0. The number of carbonyl (C=O) groups excluding carboxylic acids is 1. The van der Waals surface area contributed by atoms with Gasteiger partial charge in [0.2, 0.25) is 5.91 Å². The molecule has 2 aromatic heterocycles. The normalized spacial score (nSPS) is 17.6. The Kier molecular flexibility index (Phi) is 4.32. The van der Waals surface area contributed by atoms with Gasteiger partial charge in [0, 0.05) is 29.6 Å². The van der Waals surface area contributed by atoms with Crippen molar-refractivity contribution in [2.24, 2.45) is 5.92 Å². The third kappa shape index (κ3) is 3.36. The fourth-order valence-electron chi connectivity index (χ4n) is 3.13. The number of hydrogen-bond acceptors (Lipinski definition) is 3. The number of allylic oxidation sites excluding steroid dienone is 2. The molecule has 1 atom stereocenters. The first-order valence-corrected chi connectivity index (χ1v) is 8.04. The zero-order valence-corrected chi connectivity index (χ0v) is 13.6. The second kappa shape index (κ2) is 6.40. The van der Waals surface area contributed by atoms with E-state index in [2.05, 4.69) is 27.6 Å². The Morgan fingerprint density at radius 3 is 3.00 bits per heavy atom. The lowest BCUT2D eigenvalue weighted by Gasteiger charge is -2.18. The lowest BCUT2D eigenvalue weighted by atomic mass is 9.94. The largest absolute Gasteiger partial charge is 0.356 e. The Morgan fingerprint density at radius 1 is 1.43 bits per heavy atom. The van der Waals surface area contributed by atoms with Gasteiger partial charge in [-0.15, -0.1) is 0 Å². The van der Waals surface area contributed by atoms with Crippen LogP contribution in [0.2, 0.25) is 0 Å². The van der Waals surface area contributed by atoms with E-state index in [1.807, 2.05) is 13.8 Å². The molecule has 0 aromatic carbocycles. The van der Waals surface area contributed by atoms with Crippen LogP contribution in [-0.4, -0.2) is 27.0 Å². The zero-order chi connectivity index (χ0) is 16.4. The summed E-state index contributed by atoms with van der Waals surface area (Å²) < 4.78 is 1.64. The maximum Gasteiger partial charge on any atom is 0.266 e. The molecule has 1 aliphatic rings. The van der Waals surface area contributed by atoms with E-state index in [1.54, 1.807) is 4.52 Å². The van der Waals surface area contributed by atoms with E-state index in [9.17, 15) is 9.59 Å². The summed E-state index contributed by atoms with van der Waals surface area (Å²) in [5, 5.41) is 5.74. The van der Waals surface area contributed by atoms with E-state index >= 15 is 0 Å². The van der Waals surface area contributed by atoms with Gasteiger partial charge >= 0.3 is 0 Å². The Morgan fingerprint density at radius 2 is 2.26 bits per heavy atom. The minimum atomic E-state index is -0.188. The van der Waals surface area contributed by atoms with E-state index in [4.69, 9.17) is 0 Å². The molecular weight excluding hydrogens is 292 g/mol. The first-order valence-electron chi connectivity index (χ1n) is 8.04. The van der Waals surface area contributed by atoms with E-state index in [-0.39, 0.29) is 17.9 Å². The molecule has 0 spiro atoms. The number of fused-ring (bicyclic) bond motifs is 1. The van der Waals surface area contributed by atoms with Crippen molar-refractivity contribution in [2.75, 3.05) is 6.54 Å². The molecule has 6 heteroatoms. The van der Waals surface area contributed by atoms with E-state index < -0.39 is 0 Å².